The summed E-state index contributed by atoms with van der Waals surface area (Å²) >= 11 is 1.48. The number of thiazole rings is 1. The highest BCUT2D eigenvalue weighted by Crippen LogP contribution is 2.47. The second-order valence-corrected chi connectivity index (χ2v) is 8.33. The number of urea groups is 1. The first-order valence-electron chi connectivity index (χ1n) is 9.57. The number of hydrazine groups is 1. The zero-order valence-corrected chi connectivity index (χ0v) is 16.9. The molecular weight excluding hydrogens is 386 g/mol. The van der Waals surface area contributed by atoms with Crippen LogP contribution in [0.15, 0.2) is 54.6 Å². The molecule has 7 nitrogen and oxygen atoms in total. The van der Waals surface area contributed by atoms with Crippen molar-refractivity contribution >= 4 is 38.6 Å². The normalized spacial score (nSPS) is 15.3. The van der Waals surface area contributed by atoms with Crippen molar-refractivity contribution in [2.45, 2.75) is 31.2 Å². The molecule has 0 spiro atoms. The van der Waals surface area contributed by atoms with Gasteiger partial charge in [0.25, 0.3) is 5.91 Å². The molecule has 0 unspecified atom stereocenters. The summed E-state index contributed by atoms with van der Waals surface area (Å²) in [4.78, 5) is 28.8. The molecule has 8 heteroatoms. The third kappa shape index (κ3) is 4.48. The van der Waals surface area contributed by atoms with Crippen LogP contribution < -0.4 is 21.5 Å². The first kappa shape index (κ1) is 19.2. The smallest absolute Gasteiger partial charge is 0.333 e. The van der Waals surface area contributed by atoms with Gasteiger partial charge in [0, 0.05) is 12.0 Å². The first-order valence-corrected chi connectivity index (χ1v) is 10.4. The molecule has 1 aromatic heterocycles. The fourth-order valence-corrected chi connectivity index (χ4v) is 4.17. The lowest BCUT2D eigenvalue weighted by atomic mass is 9.96. The number of amides is 3. The lowest BCUT2D eigenvalue weighted by Crippen LogP contribution is -2.51. The van der Waals surface area contributed by atoms with E-state index in [1.807, 2.05) is 42.5 Å². The van der Waals surface area contributed by atoms with Gasteiger partial charge in [-0.1, -0.05) is 53.8 Å². The number of para-hydroxylation sites is 1. The maximum absolute atomic E-state index is 12.3. The van der Waals surface area contributed by atoms with Crippen LogP contribution >= 0.6 is 11.3 Å². The number of nitrogens with zero attached hydrogens (tertiary/aromatic N) is 1. The van der Waals surface area contributed by atoms with E-state index in [1.165, 1.54) is 16.9 Å². The summed E-state index contributed by atoms with van der Waals surface area (Å²) in [7, 11) is 0. The molecule has 0 bridgehead atoms. The number of carbonyl (C=O) groups is 2. The predicted octanol–water partition coefficient (Wildman–Crippen LogP) is 3.16. The quantitative estimate of drug-likeness (QED) is 0.470. The molecule has 1 saturated carbocycles. The van der Waals surface area contributed by atoms with Gasteiger partial charge >= 0.3 is 6.03 Å². The number of aromatic nitrogens is 1. The topological polar surface area (TPSA) is 95.2 Å². The van der Waals surface area contributed by atoms with Crippen molar-refractivity contribution in [1.29, 1.82) is 0 Å². The number of rotatable bonds is 6. The zero-order valence-electron chi connectivity index (χ0n) is 16.1. The Morgan fingerprint density at radius 1 is 1.07 bits per heavy atom. The van der Waals surface area contributed by atoms with Gasteiger partial charge < -0.3 is 10.6 Å². The largest absolute Gasteiger partial charge is 0.350 e. The van der Waals surface area contributed by atoms with Crippen molar-refractivity contribution in [2.24, 2.45) is 0 Å². The van der Waals surface area contributed by atoms with Gasteiger partial charge in [-0.15, -0.1) is 0 Å². The van der Waals surface area contributed by atoms with Gasteiger partial charge in [-0.25, -0.2) is 15.2 Å². The van der Waals surface area contributed by atoms with Crippen molar-refractivity contribution in [3.05, 3.63) is 60.2 Å². The van der Waals surface area contributed by atoms with Gasteiger partial charge in [-0.3, -0.25) is 10.2 Å². The average Bonchev–Trinajstić information content (AvgIpc) is 3.43. The Labute approximate surface area is 172 Å². The van der Waals surface area contributed by atoms with Crippen LogP contribution in [0.3, 0.4) is 0 Å². The molecule has 0 radical (unpaired) electrons. The fourth-order valence-electron chi connectivity index (χ4n) is 3.22. The molecule has 4 rings (SSSR count). The molecule has 150 valence electrons. The molecule has 4 N–H and O–H groups in total. The maximum atomic E-state index is 12.3. The molecule has 29 heavy (non-hydrogen) atoms. The highest BCUT2D eigenvalue weighted by atomic mass is 32.1. The van der Waals surface area contributed by atoms with E-state index in [0.717, 1.165) is 23.1 Å². The van der Waals surface area contributed by atoms with Crippen LogP contribution in [-0.4, -0.2) is 29.5 Å². The van der Waals surface area contributed by atoms with Gasteiger partial charge in [-0.2, -0.15) is 0 Å². The number of hydrogen-bond donors (Lipinski definition) is 4. The minimum atomic E-state index is -0.546. The van der Waals surface area contributed by atoms with Gasteiger partial charge in [0.05, 0.1) is 10.2 Å². The second kappa shape index (κ2) is 8.08. The van der Waals surface area contributed by atoms with E-state index >= 15 is 0 Å². The third-order valence-electron chi connectivity index (χ3n) is 5.15. The Kier molecular flexibility index (Phi) is 5.35. The highest BCUT2D eigenvalue weighted by molar-refractivity contribution is 7.22. The Morgan fingerprint density at radius 3 is 2.52 bits per heavy atom. The molecule has 0 aliphatic heterocycles. The number of hydrogen-bond acceptors (Lipinski definition) is 5. The molecule has 3 amide bonds. The zero-order chi connectivity index (χ0) is 20.3. The van der Waals surface area contributed by atoms with Crippen LogP contribution in [0.5, 0.6) is 0 Å². The van der Waals surface area contributed by atoms with Crippen LogP contribution in [0.25, 0.3) is 10.2 Å². The second-order valence-electron chi connectivity index (χ2n) is 7.30. The van der Waals surface area contributed by atoms with Crippen LogP contribution in [-0.2, 0) is 10.2 Å². The van der Waals surface area contributed by atoms with Gasteiger partial charge in [-0.05, 0) is 37.5 Å². The van der Waals surface area contributed by atoms with E-state index in [9.17, 15) is 9.59 Å². The summed E-state index contributed by atoms with van der Waals surface area (Å²) in [5.74, 6) is -0.344. The molecule has 1 fully saturated rings. The summed E-state index contributed by atoms with van der Waals surface area (Å²) in [5, 5.41) is 6.58. The van der Waals surface area contributed by atoms with Crippen molar-refractivity contribution in [3.8, 4) is 0 Å². The summed E-state index contributed by atoms with van der Waals surface area (Å²) in [6, 6.07) is 17.0. The number of carbonyl (C=O) groups excluding carboxylic acids is 2. The standard InChI is InChI=1S/C21H23N5O2S/c1-14(23-20-24-16-9-5-6-10-17(16)29-20)18(27)25-26-19(28)22-13-21(11-12-21)15-7-3-2-4-8-15/h2-10,14H,11-13H2,1H3,(H,23,24)(H,25,27)(H2,22,26,28)/t14-/m0/s1. The van der Waals surface area contributed by atoms with Crippen LogP contribution in [0.2, 0.25) is 0 Å². The molecule has 1 aliphatic carbocycles. The first-order chi connectivity index (χ1) is 14.1. The number of benzene rings is 2. The monoisotopic (exact) mass is 409 g/mol. The van der Waals surface area contributed by atoms with E-state index in [-0.39, 0.29) is 11.3 Å². The summed E-state index contributed by atoms with van der Waals surface area (Å²) in [6.45, 7) is 2.26. The molecule has 1 aliphatic rings. The lowest BCUT2D eigenvalue weighted by Gasteiger charge is -2.18. The van der Waals surface area contributed by atoms with Gasteiger partial charge in [0.2, 0.25) is 0 Å². The molecule has 3 aromatic rings. The Morgan fingerprint density at radius 2 is 1.79 bits per heavy atom. The molecule has 0 saturated heterocycles. The van der Waals surface area contributed by atoms with Crippen LogP contribution in [0, 0.1) is 0 Å². The Hall–Kier alpha value is -3.13. The molecular formula is C21H23N5O2S. The predicted molar refractivity (Wildman–Crippen MR) is 115 cm³/mol. The average molecular weight is 410 g/mol. The van der Waals surface area contributed by atoms with E-state index in [4.69, 9.17) is 0 Å². The van der Waals surface area contributed by atoms with E-state index in [2.05, 4.69) is 38.6 Å². The van der Waals surface area contributed by atoms with E-state index < -0.39 is 12.1 Å². The van der Waals surface area contributed by atoms with Crippen molar-refractivity contribution < 1.29 is 9.59 Å². The lowest BCUT2D eigenvalue weighted by molar-refractivity contribution is -0.122. The van der Waals surface area contributed by atoms with Crippen LogP contribution in [0.1, 0.15) is 25.3 Å². The SMILES string of the molecule is C[C@H](Nc1nc2ccccc2s1)C(=O)NNC(=O)NCC1(c2ccccc2)CC1. The summed E-state index contributed by atoms with van der Waals surface area (Å²) in [6.07, 6.45) is 2.10. The fraction of sp³-hybridized carbons (Fsp3) is 0.286. The number of fused-ring (bicyclic) bond motifs is 1. The number of nitrogens with one attached hydrogen (secondary N) is 4. The van der Waals surface area contributed by atoms with Crippen molar-refractivity contribution in [2.75, 3.05) is 11.9 Å². The van der Waals surface area contributed by atoms with E-state index in [1.54, 1.807) is 6.92 Å². The van der Waals surface area contributed by atoms with Crippen molar-refractivity contribution in [3.63, 3.8) is 0 Å². The minimum absolute atomic E-state index is 0.0182. The third-order valence-corrected chi connectivity index (χ3v) is 6.12. The summed E-state index contributed by atoms with van der Waals surface area (Å²) in [5.41, 5.74) is 7.01. The Balaban J connectivity index is 1.23. The summed E-state index contributed by atoms with van der Waals surface area (Å²) < 4.78 is 1.05. The molecule has 1 heterocycles. The minimum Gasteiger partial charge on any atom is -0.350 e. The van der Waals surface area contributed by atoms with Gasteiger partial charge in [0.1, 0.15) is 6.04 Å². The van der Waals surface area contributed by atoms with Gasteiger partial charge in [0.15, 0.2) is 5.13 Å². The molecule has 2 aromatic carbocycles. The number of anilines is 1. The van der Waals surface area contributed by atoms with Crippen molar-refractivity contribution in [1.82, 2.24) is 21.2 Å². The van der Waals surface area contributed by atoms with Crippen LogP contribution in [0.4, 0.5) is 9.93 Å². The highest BCUT2D eigenvalue weighted by Gasteiger charge is 2.44. The van der Waals surface area contributed by atoms with E-state index in [0.29, 0.717) is 11.7 Å². The molecule has 1 atom stereocenters. The Bertz CT molecular complexity index is 983. The maximum Gasteiger partial charge on any atom is 0.333 e.